The smallest absolute Gasteiger partial charge is 0.149 e. The van der Waals surface area contributed by atoms with Crippen LogP contribution in [0.1, 0.15) is 12.5 Å². The number of benzene rings is 1. The average molecular weight is 218 g/mol. The fourth-order valence-electron chi connectivity index (χ4n) is 1.84. The van der Waals surface area contributed by atoms with Gasteiger partial charge in [-0.25, -0.2) is 0 Å². The van der Waals surface area contributed by atoms with Gasteiger partial charge in [0.05, 0.1) is 4.75 Å². The number of hydrogen-bond acceptors (Lipinski definition) is 2. The van der Waals surface area contributed by atoms with Gasteiger partial charge in [-0.3, -0.25) is 4.79 Å². The van der Waals surface area contributed by atoms with E-state index in [4.69, 9.17) is 0 Å². The molecule has 0 fully saturated rings. The van der Waals surface area contributed by atoms with Crippen LogP contribution >= 0.6 is 11.8 Å². The standard InChI is InChI=1S/C13H14OS/c1-11(14)13(8-5-9-15-13)10-12-6-3-2-4-7-12/h2-8H,9-10H2,1H3. The first kappa shape index (κ1) is 10.5. The molecule has 2 heteroatoms. The van der Waals surface area contributed by atoms with Gasteiger partial charge in [0, 0.05) is 5.75 Å². The summed E-state index contributed by atoms with van der Waals surface area (Å²) in [6.07, 6.45) is 4.96. The van der Waals surface area contributed by atoms with Crippen LogP contribution in [0.15, 0.2) is 42.5 Å². The third kappa shape index (κ3) is 2.15. The zero-order chi connectivity index (χ0) is 10.7. The summed E-state index contributed by atoms with van der Waals surface area (Å²) < 4.78 is -0.304. The maximum atomic E-state index is 11.7. The van der Waals surface area contributed by atoms with Crippen LogP contribution in [0.5, 0.6) is 0 Å². The van der Waals surface area contributed by atoms with Crippen LogP contribution in [-0.4, -0.2) is 16.3 Å². The first-order valence-electron chi connectivity index (χ1n) is 5.09. The quantitative estimate of drug-likeness (QED) is 0.726. The molecule has 0 spiro atoms. The van der Waals surface area contributed by atoms with Crippen molar-refractivity contribution in [2.45, 2.75) is 18.1 Å². The number of thioether (sulfide) groups is 1. The highest BCUT2D eigenvalue weighted by molar-refractivity contribution is 8.02. The molecular formula is C13H14OS. The Balaban J connectivity index is 2.22. The van der Waals surface area contributed by atoms with Gasteiger partial charge in [0.15, 0.2) is 0 Å². The van der Waals surface area contributed by atoms with Crippen LogP contribution < -0.4 is 0 Å². The molecule has 0 saturated carbocycles. The number of carbonyl (C=O) groups excluding carboxylic acids is 1. The van der Waals surface area contributed by atoms with Crippen molar-refractivity contribution in [2.24, 2.45) is 0 Å². The molecule has 1 aliphatic heterocycles. The molecule has 1 aliphatic rings. The van der Waals surface area contributed by atoms with Gasteiger partial charge < -0.3 is 0 Å². The Hall–Kier alpha value is -1.02. The first-order valence-corrected chi connectivity index (χ1v) is 6.08. The van der Waals surface area contributed by atoms with Crippen LogP contribution in [-0.2, 0) is 11.2 Å². The third-order valence-electron chi connectivity index (χ3n) is 2.73. The maximum absolute atomic E-state index is 11.7. The molecule has 0 aliphatic carbocycles. The molecule has 0 aromatic heterocycles. The summed E-state index contributed by atoms with van der Waals surface area (Å²) >= 11 is 1.73. The summed E-state index contributed by atoms with van der Waals surface area (Å²) in [6, 6.07) is 10.2. The molecule has 1 unspecified atom stereocenters. The van der Waals surface area contributed by atoms with Crippen molar-refractivity contribution in [1.29, 1.82) is 0 Å². The van der Waals surface area contributed by atoms with Crippen LogP contribution in [0.25, 0.3) is 0 Å². The summed E-state index contributed by atoms with van der Waals surface area (Å²) in [6.45, 7) is 1.69. The lowest BCUT2D eigenvalue weighted by atomic mass is 9.94. The Labute approximate surface area is 94.6 Å². The van der Waals surface area contributed by atoms with Gasteiger partial charge in [0.25, 0.3) is 0 Å². The molecule has 1 heterocycles. The van der Waals surface area contributed by atoms with E-state index in [1.54, 1.807) is 18.7 Å². The first-order chi connectivity index (χ1) is 7.23. The van der Waals surface area contributed by atoms with Gasteiger partial charge in [-0.1, -0.05) is 42.5 Å². The Morgan fingerprint density at radius 3 is 2.67 bits per heavy atom. The van der Waals surface area contributed by atoms with Crippen molar-refractivity contribution < 1.29 is 4.79 Å². The summed E-state index contributed by atoms with van der Waals surface area (Å²) in [4.78, 5) is 11.7. The number of carbonyl (C=O) groups is 1. The molecular weight excluding hydrogens is 204 g/mol. The van der Waals surface area contributed by atoms with Crippen LogP contribution in [0.4, 0.5) is 0 Å². The molecule has 0 bridgehead atoms. The van der Waals surface area contributed by atoms with E-state index < -0.39 is 0 Å². The second-order valence-corrected chi connectivity index (χ2v) is 5.17. The zero-order valence-corrected chi connectivity index (χ0v) is 9.59. The fraction of sp³-hybridized carbons (Fsp3) is 0.308. The minimum Gasteiger partial charge on any atom is -0.298 e. The topological polar surface area (TPSA) is 17.1 Å². The molecule has 1 aromatic rings. The number of rotatable bonds is 3. The Bertz CT molecular complexity index is 383. The van der Waals surface area contributed by atoms with Crippen LogP contribution in [0.2, 0.25) is 0 Å². The van der Waals surface area contributed by atoms with Gasteiger partial charge in [0.2, 0.25) is 0 Å². The summed E-state index contributed by atoms with van der Waals surface area (Å²) in [5.41, 5.74) is 1.23. The van der Waals surface area contributed by atoms with Crippen molar-refractivity contribution in [2.75, 3.05) is 5.75 Å². The van der Waals surface area contributed by atoms with E-state index in [0.717, 1.165) is 12.2 Å². The average Bonchev–Trinajstić information content (AvgIpc) is 2.69. The number of Topliss-reactive ketones (excluding diaryl/α,β-unsaturated/α-hetero) is 1. The molecule has 1 nitrogen and oxygen atoms in total. The highest BCUT2D eigenvalue weighted by Gasteiger charge is 2.35. The minimum atomic E-state index is -0.304. The number of ketones is 1. The van der Waals surface area contributed by atoms with Crippen molar-refractivity contribution in [1.82, 2.24) is 0 Å². The second-order valence-electron chi connectivity index (χ2n) is 3.82. The highest BCUT2D eigenvalue weighted by Crippen LogP contribution is 2.36. The molecule has 2 rings (SSSR count). The fourth-order valence-corrected chi connectivity index (χ4v) is 2.99. The monoisotopic (exact) mass is 218 g/mol. The van der Waals surface area contributed by atoms with E-state index in [1.165, 1.54) is 5.56 Å². The molecule has 0 saturated heterocycles. The van der Waals surface area contributed by atoms with E-state index in [-0.39, 0.29) is 10.5 Å². The second kappa shape index (κ2) is 4.23. The highest BCUT2D eigenvalue weighted by atomic mass is 32.2. The van der Waals surface area contributed by atoms with Gasteiger partial charge in [-0.15, -0.1) is 11.8 Å². The molecule has 0 N–H and O–H groups in total. The van der Waals surface area contributed by atoms with Crippen molar-refractivity contribution in [3.63, 3.8) is 0 Å². The lowest BCUT2D eigenvalue weighted by molar-refractivity contribution is -0.118. The Morgan fingerprint density at radius 1 is 1.40 bits per heavy atom. The van der Waals surface area contributed by atoms with E-state index in [9.17, 15) is 4.79 Å². The predicted octanol–water partition coefficient (Wildman–Crippen LogP) is 2.86. The SMILES string of the molecule is CC(=O)C1(Cc2ccccc2)C=CCS1. The lowest BCUT2D eigenvalue weighted by Crippen LogP contribution is -2.31. The van der Waals surface area contributed by atoms with Crippen molar-refractivity contribution >= 4 is 17.5 Å². The number of hydrogen-bond donors (Lipinski definition) is 0. The summed E-state index contributed by atoms with van der Waals surface area (Å²) in [7, 11) is 0. The van der Waals surface area contributed by atoms with Gasteiger partial charge in [-0.05, 0) is 18.9 Å². The summed E-state index contributed by atoms with van der Waals surface area (Å²) in [5.74, 6) is 1.21. The van der Waals surface area contributed by atoms with Gasteiger partial charge in [0.1, 0.15) is 5.78 Å². The van der Waals surface area contributed by atoms with E-state index in [2.05, 4.69) is 24.3 Å². The molecule has 1 atom stereocenters. The zero-order valence-electron chi connectivity index (χ0n) is 8.77. The van der Waals surface area contributed by atoms with Crippen LogP contribution in [0, 0.1) is 0 Å². The largest absolute Gasteiger partial charge is 0.298 e. The normalized spacial score (nSPS) is 24.3. The van der Waals surface area contributed by atoms with E-state index in [0.29, 0.717) is 0 Å². The lowest BCUT2D eigenvalue weighted by Gasteiger charge is -2.23. The van der Waals surface area contributed by atoms with Gasteiger partial charge in [-0.2, -0.15) is 0 Å². The van der Waals surface area contributed by atoms with Crippen molar-refractivity contribution in [3.05, 3.63) is 48.0 Å². The van der Waals surface area contributed by atoms with E-state index in [1.807, 2.05) is 18.2 Å². The van der Waals surface area contributed by atoms with Gasteiger partial charge >= 0.3 is 0 Å². The summed E-state index contributed by atoms with van der Waals surface area (Å²) in [5, 5.41) is 0. The molecule has 0 radical (unpaired) electrons. The van der Waals surface area contributed by atoms with E-state index >= 15 is 0 Å². The van der Waals surface area contributed by atoms with Crippen molar-refractivity contribution in [3.8, 4) is 0 Å². The van der Waals surface area contributed by atoms with Crippen LogP contribution in [0.3, 0.4) is 0 Å². The third-order valence-corrected chi connectivity index (χ3v) is 4.17. The molecule has 15 heavy (non-hydrogen) atoms. The Morgan fingerprint density at radius 2 is 2.13 bits per heavy atom. The molecule has 0 amide bonds. The molecule has 1 aromatic carbocycles. The Kier molecular flexibility index (Phi) is 2.96. The maximum Gasteiger partial charge on any atom is 0.149 e. The molecule has 78 valence electrons. The minimum absolute atomic E-state index is 0.255. The predicted molar refractivity (Wildman–Crippen MR) is 65.2 cm³/mol.